The topological polar surface area (TPSA) is 374 Å². The molecule has 2 saturated heterocycles. The van der Waals surface area contributed by atoms with Crippen molar-refractivity contribution in [3.05, 3.63) is 0 Å². The Bertz CT molecular complexity index is 1980. The van der Waals surface area contributed by atoms with E-state index in [1.807, 2.05) is 0 Å². The van der Waals surface area contributed by atoms with Crippen molar-refractivity contribution >= 4 is 25.7 Å². The molecule has 3 rings (SSSR count). The van der Waals surface area contributed by atoms with E-state index in [0.717, 1.165) is 89.9 Å². The van der Waals surface area contributed by atoms with Gasteiger partial charge in [-0.2, -0.15) is 0 Å². The zero-order chi connectivity index (χ0) is 69.6. The number of carbonyl (C=O) groups excluding carboxylic acids is 3. The predicted octanol–water partition coefficient (Wildman–Crippen LogP) is 9.80. The average Bonchev–Trinajstić information content (AvgIpc) is 0.765. The van der Waals surface area contributed by atoms with Gasteiger partial charge in [-0.25, -0.2) is 4.57 Å². The van der Waals surface area contributed by atoms with Crippen LogP contribution in [0.4, 0.5) is 0 Å². The van der Waals surface area contributed by atoms with Crippen molar-refractivity contribution in [3.8, 4) is 0 Å². The summed E-state index contributed by atoms with van der Waals surface area (Å²) in [5.74, 6) is -1.97. The van der Waals surface area contributed by atoms with Crippen molar-refractivity contribution in [1.29, 1.82) is 0 Å². The molecule has 0 amide bonds. The summed E-state index contributed by atoms with van der Waals surface area (Å²) >= 11 is 0. The molecule has 1 aliphatic carbocycles. The van der Waals surface area contributed by atoms with E-state index in [0.29, 0.717) is 19.3 Å². The summed E-state index contributed by atoms with van der Waals surface area (Å²) in [6, 6.07) is 0. The molecule has 0 bridgehead atoms. The molecule has 1 saturated carbocycles. The Balaban J connectivity index is 1.74. The average molecular weight is 1390 g/mol. The second kappa shape index (κ2) is 52.9. The lowest BCUT2D eigenvalue weighted by atomic mass is 9.84. The third-order valence-electron chi connectivity index (χ3n) is 18.6. The molecule has 95 heavy (non-hydrogen) atoms. The summed E-state index contributed by atoms with van der Waals surface area (Å²) in [7, 11) is -5.69. The number of hydrogen-bond acceptors (Lipinski definition) is 23. The highest BCUT2D eigenvalue weighted by molar-refractivity contribution is 7.47. The second-order valence-electron chi connectivity index (χ2n) is 27.0. The van der Waals surface area contributed by atoms with Gasteiger partial charge in [0.05, 0.1) is 13.2 Å². The minimum Gasteiger partial charge on any atom is -0.463 e. The number of phosphoric acid groups is 1. The molecule has 24 nitrogen and oxygen atoms in total. The van der Waals surface area contributed by atoms with Crippen LogP contribution in [-0.2, 0) is 61.2 Å². The minimum absolute atomic E-state index is 0.0328. The number of hydrogen-bond donors (Lipinski definition) is 11. The number of esters is 3. The standard InChI is InChI=1S/C70H131O24P/c1-4-7-10-13-16-19-22-24-26-28-30-33-35-38-41-44-54(72)86-48-51(89-56(74)46-43-40-37-34-31-27-25-23-20-17-14-11-8-5-2)49-88-95(84,85)94-68-66(92-69-64(82)59(77)57(75)52(47-71)90-69)62(80)61(79)63(81)67(68)93-70-65(83)60(78)58(76)53(91-70)50-87-55(73)45-42-39-36-32-29-21-18-15-12-9-6-3/h51-53,57-71,75-83H,4-50H2,1-3H3,(H,84,85). The summed E-state index contributed by atoms with van der Waals surface area (Å²) in [6.07, 6.45) is 8.95. The first-order chi connectivity index (χ1) is 45.8. The predicted molar refractivity (Wildman–Crippen MR) is 356 cm³/mol. The number of rotatable bonds is 58. The highest BCUT2D eigenvalue weighted by Gasteiger charge is 2.58. The summed E-state index contributed by atoms with van der Waals surface area (Å²) in [4.78, 5) is 50.9. The van der Waals surface area contributed by atoms with Gasteiger partial charge in [-0.05, 0) is 19.3 Å². The molecule has 11 N–H and O–H groups in total. The fourth-order valence-electron chi connectivity index (χ4n) is 12.5. The molecule has 0 radical (unpaired) electrons. The van der Waals surface area contributed by atoms with Crippen LogP contribution >= 0.6 is 7.82 Å². The summed E-state index contributed by atoms with van der Waals surface area (Å²) in [5.41, 5.74) is 0. The van der Waals surface area contributed by atoms with Crippen molar-refractivity contribution < 1.29 is 117 Å². The number of carbonyl (C=O) groups is 3. The Morgan fingerprint density at radius 3 is 1.03 bits per heavy atom. The van der Waals surface area contributed by atoms with Crippen molar-refractivity contribution in [2.24, 2.45) is 0 Å². The Labute approximate surface area is 568 Å². The monoisotopic (exact) mass is 1390 g/mol. The van der Waals surface area contributed by atoms with E-state index < -0.39 is 156 Å². The third kappa shape index (κ3) is 36.4. The van der Waals surface area contributed by atoms with Crippen LogP contribution in [0, 0.1) is 0 Å². The SMILES string of the molecule is CCCCCCCCCCCCCCCCCC(=O)OCC(COP(=O)(O)OC1C(OC2OC(CO)C(O)C(O)C2O)C(O)C(O)C(O)C1OC1OC(COC(=O)CCCCCCCCCCCCC)C(O)C(O)C1O)OC(=O)CCCCCCCCCCCCCCCC. The van der Waals surface area contributed by atoms with E-state index in [4.69, 9.17) is 42.2 Å². The van der Waals surface area contributed by atoms with Gasteiger partial charge in [0.15, 0.2) is 18.7 Å². The number of aliphatic hydroxyl groups excluding tert-OH is 10. The molecule has 2 heterocycles. The van der Waals surface area contributed by atoms with Crippen LogP contribution in [0.3, 0.4) is 0 Å². The van der Waals surface area contributed by atoms with Crippen LogP contribution in [-0.4, -0.2) is 204 Å². The van der Waals surface area contributed by atoms with E-state index in [2.05, 4.69) is 20.8 Å². The van der Waals surface area contributed by atoms with Crippen molar-refractivity contribution in [3.63, 3.8) is 0 Å². The van der Waals surface area contributed by atoms with Crippen LogP contribution in [0.1, 0.15) is 297 Å². The number of aliphatic hydroxyl groups is 10. The molecule has 18 atom stereocenters. The molecule has 0 aromatic carbocycles. The highest BCUT2D eigenvalue weighted by atomic mass is 31.2. The lowest BCUT2D eigenvalue weighted by molar-refractivity contribution is -0.360. The van der Waals surface area contributed by atoms with Gasteiger partial charge in [0.1, 0.15) is 98.7 Å². The third-order valence-corrected chi connectivity index (χ3v) is 19.6. The maximum atomic E-state index is 14.3. The van der Waals surface area contributed by atoms with Gasteiger partial charge in [0.25, 0.3) is 0 Å². The molecule has 3 fully saturated rings. The fourth-order valence-corrected chi connectivity index (χ4v) is 13.5. The van der Waals surface area contributed by atoms with Crippen LogP contribution in [0.5, 0.6) is 0 Å². The molecule has 25 heteroatoms. The van der Waals surface area contributed by atoms with Gasteiger partial charge in [-0.1, -0.05) is 258 Å². The Morgan fingerprint density at radius 2 is 0.674 bits per heavy atom. The van der Waals surface area contributed by atoms with E-state index in [1.54, 1.807) is 0 Å². The Kier molecular flexibility index (Phi) is 48.5. The van der Waals surface area contributed by atoms with Gasteiger partial charge < -0.3 is 89.1 Å². The number of ether oxygens (including phenoxy) is 7. The van der Waals surface area contributed by atoms with Gasteiger partial charge in [0.2, 0.25) is 0 Å². The fraction of sp³-hybridized carbons (Fsp3) is 0.957. The van der Waals surface area contributed by atoms with E-state index in [9.17, 15) is 74.9 Å². The number of phosphoric ester groups is 1. The van der Waals surface area contributed by atoms with Crippen LogP contribution in [0.15, 0.2) is 0 Å². The maximum absolute atomic E-state index is 14.3. The molecule has 560 valence electrons. The summed E-state index contributed by atoms with van der Waals surface area (Å²) in [6.45, 7) is 3.45. The van der Waals surface area contributed by atoms with Crippen molar-refractivity contribution in [2.45, 2.75) is 401 Å². The quantitative estimate of drug-likeness (QED) is 0.0117. The van der Waals surface area contributed by atoms with Gasteiger partial charge in [-0.15, -0.1) is 0 Å². The first-order valence-corrected chi connectivity index (χ1v) is 38.8. The van der Waals surface area contributed by atoms with E-state index >= 15 is 0 Å². The zero-order valence-corrected chi connectivity index (χ0v) is 59.1. The molecule has 0 spiro atoms. The van der Waals surface area contributed by atoms with Crippen molar-refractivity contribution in [1.82, 2.24) is 0 Å². The van der Waals surface area contributed by atoms with Gasteiger partial charge in [0, 0.05) is 19.3 Å². The Hall–Kier alpha value is -2.04. The van der Waals surface area contributed by atoms with Gasteiger partial charge in [-0.3, -0.25) is 23.4 Å². The normalized spacial score (nSPS) is 28.1. The molecule has 18 unspecified atom stereocenters. The van der Waals surface area contributed by atoms with Crippen LogP contribution in [0.2, 0.25) is 0 Å². The Morgan fingerprint density at radius 1 is 0.368 bits per heavy atom. The molecule has 0 aromatic heterocycles. The van der Waals surface area contributed by atoms with E-state index in [-0.39, 0.29) is 19.3 Å². The van der Waals surface area contributed by atoms with Crippen LogP contribution in [0.25, 0.3) is 0 Å². The molecule has 2 aliphatic heterocycles. The summed E-state index contributed by atoms with van der Waals surface area (Å²) in [5, 5.41) is 110. The molecular weight excluding hydrogens is 1260 g/mol. The second-order valence-corrected chi connectivity index (χ2v) is 28.4. The lowest BCUT2D eigenvalue weighted by Crippen LogP contribution is -2.69. The summed E-state index contributed by atoms with van der Waals surface area (Å²) < 4.78 is 65.0. The largest absolute Gasteiger partial charge is 0.472 e. The molecular formula is C70H131O24P. The first-order valence-electron chi connectivity index (χ1n) is 37.3. The minimum atomic E-state index is -5.69. The molecule has 3 aliphatic rings. The molecule has 0 aromatic rings. The highest BCUT2D eigenvalue weighted by Crippen LogP contribution is 2.49. The van der Waals surface area contributed by atoms with Crippen LogP contribution < -0.4 is 0 Å². The zero-order valence-electron chi connectivity index (χ0n) is 58.2. The number of unbranched alkanes of at least 4 members (excludes halogenated alkanes) is 37. The maximum Gasteiger partial charge on any atom is 0.472 e. The van der Waals surface area contributed by atoms with Crippen molar-refractivity contribution in [2.75, 3.05) is 26.4 Å². The van der Waals surface area contributed by atoms with E-state index in [1.165, 1.54) is 148 Å². The first kappa shape index (κ1) is 87.2. The lowest BCUT2D eigenvalue weighted by Gasteiger charge is -2.49. The smallest absolute Gasteiger partial charge is 0.463 e. The van der Waals surface area contributed by atoms with Gasteiger partial charge >= 0.3 is 25.7 Å².